The van der Waals surface area contributed by atoms with Crippen LogP contribution in [0.25, 0.3) is 0 Å². The predicted octanol–water partition coefficient (Wildman–Crippen LogP) is 3.28. The van der Waals surface area contributed by atoms with Crippen molar-refractivity contribution in [3.8, 4) is 5.75 Å². The molecule has 0 amide bonds. The number of aliphatic hydroxyl groups is 1. The summed E-state index contributed by atoms with van der Waals surface area (Å²) in [5, 5.41) is 10.1. The Balaban J connectivity index is 1.86. The van der Waals surface area contributed by atoms with Crippen molar-refractivity contribution in [2.75, 3.05) is 18.6 Å². The zero-order valence-electron chi connectivity index (χ0n) is 11.9. The van der Waals surface area contributed by atoms with E-state index in [1.54, 1.807) is 6.07 Å². The molecule has 1 atom stereocenters. The molecule has 0 spiro atoms. The lowest BCUT2D eigenvalue weighted by Gasteiger charge is -2.34. The maximum atomic E-state index is 13.8. The molecular weight excluding hydrogens is 269 g/mol. The molecule has 1 N–H and O–H groups in total. The first kappa shape index (κ1) is 13.9. The third-order valence-electron chi connectivity index (χ3n) is 3.90. The average molecular weight is 287 g/mol. The summed E-state index contributed by atoms with van der Waals surface area (Å²) in [6.45, 7) is 1.37. The average Bonchev–Trinajstić information content (AvgIpc) is 2.51. The molecule has 4 heteroatoms. The molecule has 0 saturated heterocycles. The number of nitrogens with zero attached hydrogens (tertiary/aromatic N) is 1. The minimum absolute atomic E-state index is 0.258. The van der Waals surface area contributed by atoms with Gasteiger partial charge in [-0.3, -0.25) is 0 Å². The fourth-order valence-corrected chi connectivity index (χ4v) is 2.80. The number of anilines is 1. The van der Waals surface area contributed by atoms with Crippen LogP contribution >= 0.6 is 0 Å². The normalized spacial score (nSPS) is 17.5. The number of benzene rings is 2. The van der Waals surface area contributed by atoms with Crippen LogP contribution in [0.4, 0.5) is 10.1 Å². The quantitative estimate of drug-likeness (QED) is 0.940. The third-order valence-corrected chi connectivity index (χ3v) is 3.90. The van der Waals surface area contributed by atoms with E-state index in [2.05, 4.69) is 4.90 Å². The van der Waals surface area contributed by atoms with Gasteiger partial charge in [-0.15, -0.1) is 0 Å². The SMILES string of the molecule is COc1ccc(CN2CCC(O)c3ccccc32)cc1F. The van der Waals surface area contributed by atoms with Gasteiger partial charge in [0.2, 0.25) is 0 Å². The Labute approximate surface area is 123 Å². The molecule has 0 saturated carbocycles. The van der Waals surface area contributed by atoms with Gasteiger partial charge < -0.3 is 14.7 Å². The van der Waals surface area contributed by atoms with E-state index in [4.69, 9.17) is 4.74 Å². The highest BCUT2D eigenvalue weighted by Crippen LogP contribution is 2.34. The first-order chi connectivity index (χ1) is 10.2. The van der Waals surface area contributed by atoms with Gasteiger partial charge >= 0.3 is 0 Å². The van der Waals surface area contributed by atoms with Gasteiger partial charge in [-0.2, -0.15) is 0 Å². The Kier molecular flexibility index (Phi) is 3.80. The second-order valence-electron chi connectivity index (χ2n) is 5.25. The van der Waals surface area contributed by atoms with Crippen molar-refractivity contribution in [2.24, 2.45) is 0 Å². The van der Waals surface area contributed by atoms with Crippen molar-refractivity contribution in [3.05, 3.63) is 59.4 Å². The Morgan fingerprint density at radius 3 is 2.86 bits per heavy atom. The molecule has 1 aliphatic rings. The maximum Gasteiger partial charge on any atom is 0.165 e. The van der Waals surface area contributed by atoms with Gasteiger partial charge in [0.15, 0.2) is 11.6 Å². The van der Waals surface area contributed by atoms with E-state index >= 15 is 0 Å². The van der Waals surface area contributed by atoms with Crippen LogP contribution in [0.15, 0.2) is 42.5 Å². The topological polar surface area (TPSA) is 32.7 Å². The largest absolute Gasteiger partial charge is 0.494 e. The number of halogens is 1. The van der Waals surface area contributed by atoms with Crippen LogP contribution in [-0.4, -0.2) is 18.8 Å². The number of para-hydroxylation sites is 1. The first-order valence-corrected chi connectivity index (χ1v) is 7.03. The van der Waals surface area contributed by atoms with Crippen LogP contribution in [0.5, 0.6) is 5.75 Å². The van der Waals surface area contributed by atoms with Crippen LogP contribution < -0.4 is 9.64 Å². The molecule has 2 aromatic rings. The second-order valence-corrected chi connectivity index (χ2v) is 5.25. The summed E-state index contributed by atoms with van der Waals surface area (Å²) in [6, 6.07) is 12.9. The number of aliphatic hydroxyl groups excluding tert-OH is 1. The lowest BCUT2D eigenvalue weighted by atomic mass is 9.98. The molecule has 1 unspecified atom stereocenters. The molecule has 1 heterocycles. The van der Waals surface area contributed by atoms with Crippen LogP contribution in [0, 0.1) is 5.82 Å². The first-order valence-electron chi connectivity index (χ1n) is 7.03. The molecule has 0 radical (unpaired) electrons. The lowest BCUT2D eigenvalue weighted by Crippen LogP contribution is -2.30. The fraction of sp³-hybridized carbons (Fsp3) is 0.294. The molecule has 0 bridgehead atoms. The molecule has 0 fully saturated rings. The number of hydrogen-bond acceptors (Lipinski definition) is 3. The van der Waals surface area contributed by atoms with Gasteiger partial charge in [0.1, 0.15) is 0 Å². The number of hydrogen-bond donors (Lipinski definition) is 1. The standard InChI is InChI=1S/C17H18FNO2/c1-21-17-7-6-12(10-14(17)18)11-19-9-8-16(20)13-4-2-3-5-15(13)19/h2-7,10,16,20H,8-9,11H2,1H3. The van der Waals surface area contributed by atoms with Gasteiger partial charge in [-0.25, -0.2) is 4.39 Å². The third kappa shape index (κ3) is 2.72. The van der Waals surface area contributed by atoms with E-state index in [0.29, 0.717) is 13.0 Å². The van der Waals surface area contributed by atoms with E-state index in [1.165, 1.54) is 13.2 Å². The molecule has 21 heavy (non-hydrogen) atoms. The summed E-state index contributed by atoms with van der Waals surface area (Å²) < 4.78 is 18.7. The molecule has 1 aliphatic heterocycles. The van der Waals surface area contributed by atoms with Crippen LogP contribution in [0.3, 0.4) is 0 Å². The Hall–Kier alpha value is -2.07. The summed E-state index contributed by atoms with van der Waals surface area (Å²) >= 11 is 0. The van der Waals surface area contributed by atoms with Gasteiger partial charge in [-0.05, 0) is 30.2 Å². The Morgan fingerprint density at radius 1 is 1.29 bits per heavy atom. The molecule has 110 valence electrons. The minimum atomic E-state index is -0.412. The minimum Gasteiger partial charge on any atom is -0.494 e. The summed E-state index contributed by atoms with van der Waals surface area (Å²) in [5.41, 5.74) is 2.85. The Morgan fingerprint density at radius 2 is 2.10 bits per heavy atom. The summed E-state index contributed by atoms with van der Waals surface area (Å²) in [4.78, 5) is 2.17. The van der Waals surface area contributed by atoms with Crippen molar-refractivity contribution >= 4 is 5.69 Å². The highest BCUT2D eigenvalue weighted by Gasteiger charge is 2.23. The number of ether oxygens (including phenoxy) is 1. The molecule has 3 nitrogen and oxygen atoms in total. The molecule has 0 aromatic heterocycles. The van der Waals surface area contributed by atoms with Gasteiger partial charge in [0, 0.05) is 24.3 Å². The smallest absolute Gasteiger partial charge is 0.165 e. The van der Waals surface area contributed by atoms with E-state index in [0.717, 1.165) is 23.4 Å². The lowest BCUT2D eigenvalue weighted by molar-refractivity contribution is 0.164. The van der Waals surface area contributed by atoms with Gasteiger partial charge in [-0.1, -0.05) is 24.3 Å². The van der Waals surface area contributed by atoms with Crippen molar-refractivity contribution in [2.45, 2.75) is 19.1 Å². The molecular formula is C17H18FNO2. The second kappa shape index (κ2) is 5.74. The van der Waals surface area contributed by atoms with E-state index in [-0.39, 0.29) is 11.6 Å². The zero-order chi connectivity index (χ0) is 14.8. The Bertz CT molecular complexity index is 644. The highest BCUT2D eigenvalue weighted by atomic mass is 19.1. The van der Waals surface area contributed by atoms with Gasteiger partial charge in [0.25, 0.3) is 0 Å². The van der Waals surface area contributed by atoms with Crippen molar-refractivity contribution in [1.82, 2.24) is 0 Å². The van der Waals surface area contributed by atoms with Crippen LogP contribution in [0.1, 0.15) is 23.7 Å². The monoisotopic (exact) mass is 287 g/mol. The zero-order valence-corrected chi connectivity index (χ0v) is 11.9. The van der Waals surface area contributed by atoms with E-state index in [1.807, 2.05) is 30.3 Å². The molecule has 0 aliphatic carbocycles. The fourth-order valence-electron chi connectivity index (χ4n) is 2.80. The predicted molar refractivity (Wildman–Crippen MR) is 80.0 cm³/mol. The summed E-state index contributed by atoms with van der Waals surface area (Å²) in [5.74, 6) is -0.0893. The number of methoxy groups -OCH3 is 1. The highest BCUT2D eigenvalue weighted by molar-refractivity contribution is 5.56. The molecule has 3 rings (SSSR count). The van der Waals surface area contributed by atoms with E-state index < -0.39 is 6.10 Å². The van der Waals surface area contributed by atoms with E-state index in [9.17, 15) is 9.50 Å². The summed E-state index contributed by atoms with van der Waals surface area (Å²) in [6.07, 6.45) is 0.278. The van der Waals surface area contributed by atoms with Gasteiger partial charge in [0.05, 0.1) is 13.2 Å². The van der Waals surface area contributed by atoms with Crippen molar-refractivity contribution in [1.29, 1.82) is 0 Å². The maximum absolute atomic E-state index is 13.8. The van der Waals surface area contributed by atoms with Crippen molar-refractivity contribution < 1.29 is 14.2 Å². The van der Waals surface area contributed by atoms with Crippen LogP contribution in [-0.2, 0) is 6.54 Å². The summed E-state index contributed by atoms with van der Waals surface area (Å²) in [7, 11) is 1.46. The van der Waals surface area contributed by atoms with Crippen molar-refractivity contribution in [3.63, 3.8) is 0 Å². The number of fused-ring (bicyclic) bond motifs is 1. The number of rotatable bonds is 3. The molecule has 2 aromatic carbocycles. The van der Waals surface area contributed by atoms with Crippen LogP contribution in [0.2, 0.25) is 0 Å².